The van der Waals surface area contributed by atoms with E-state index in [1.165, 1.54) is 24.4 Å². The van der Waals surface area contributed by atoms with Gasteiger partial charge in [0.15, 0.2) is 6.29 Å². The van der Waals surface area contributed by atoms with Gasteiger partial charge in [-0.2, -0.15) is 0 Å². The maximum atomic E-state index is 13.5. The van der Waals surface area contributed by atoms with E-state index >= 15 is 0 Å². The van der Waals surface area contributed by atoms with Crippen molar-refractivity contribution < 1.29 is 13.6 Å². The third-order valence-electron chi connectivity index (χ3n) is 2.10. The molecule has 0 aliphatic rings. The third-order valence-corrected chi connectivity index (χ3v) is 2.10. The number of nitrogens with zero attached hydrogens (tertiary/aromatic N) is 1. The summed E-state index contributed by atoms with van der Waals surface area (Å²) in [5.41, 5.74) is 0.526. The van der Waals surface area contributed by atoms with Gasteiger partial charge in [0.1, 0.15) is 17.3 Å². The van der Waals surface area contributed by atoms with Crippen LogP contribution >= 0.6 is 0 Å². The van der Waals surface area contributed by atoms with Crippen LogP contribution in [0.25, 0.3) is 11.3 Å². The highest BCUT2D eigenvalue weighted by Gasteiger charge is 2.08. The minimum atomic E-state index is -0.643. The lowest BCUT2D eigenvalue weighted by Crippen LogP contribution is -1.92. The van der Waals surface area contributed by atoms with Crippen LogP contribution in [0.15, 0.2) is 36.5 Å². The largest absolute Gasteiger partial charge is 0.298 e. The van der Waals surface area contributed by atoms with Crippen molar-refractivity contribution in [2.24, 2.45) is 0 Å². The highest BCUT2D eigenvalue weighted by Crippen LogP contribution is 2.21. The number of aldehydes is 1. The fourth-order valence-corrected chi connectivity index (χ4v) is 1.37. The highest BCUT2D eigenvalue weighted by molar-refractivity contribution is 5.75. The molecule has 1 aromatic heterocycles. The van der Waals surface area contributed by atoms with Gasteiger partial charge in [0.25, 0.3) is 0 Å². The summed E-state index contributed by atoms with van der Waals surface area (Å²) in [6.45, 7) is 0. The molecule has 1 heterocycles. The van der Waals surface area contributed by atoms with E-state index < -0.39 is 11.6 Å². The molecule has 0 spiro atoms. The minimum absolute atomic E-state index is 0.0325. The zero-order chi connectivity index (χ0) is 11.5. The standard InChI is InChI=1S/C12H7F2NO/c13-10-3-1-2-9(5-10)12-11(14)4-8(7-16)6-15-12/h1-7H. The predicted molar refractivity (Wildman–Crippen MR) is 55.0 cm³/mol. The number of aromatic nitrogens is 1. The summed E-state index contributed by atoms with van der Waals surface area (Å²) in [5.74, 6) is -1.10. The molecule has 80 valence electrons. The number of carbonyl (C=O) groups excluding carboxylic acids is 1. The van der Waals surface area contributed by atoms with Crippen LogP contribution < -0.4 is 0 Å². The van der Waals surface area contributed by atoms with Crippen molar-refractivity contribution in [3.63, 3.8) is 0 Å². The Hall–Kier alpha value is -2.10. The lowest BCUT2D eigenvalue weighted by atomic mass is 10.1. The van der Waals surface area contributed by atoms with Crippen molar-refractivity contribution in [3.8, 4) is 11.3 Å². The van der Waals surface area contributed by atoms with Crippen LogP contribution in [-0.2, 0) is 0 Å². The normalized spacial score (nSPS) is 10.1. The first-order valence-electron chi connectivity index (χ1n) is 4.57. The first-order valence-corrected chi connectivity index (χ1v) is 4.57. The Labute approximate surface area is 90.6 Å². The molecular weight excluding hydrogens is 212 g/mol. The summed E-state index contributed by atoms with van der Waals surface area (Å²) in [6, 6.07) is 6.54. The predicted octanol–water partition coefficient (Wildman–Crippen LogP) is 2.84. The molecule has 0 radical (unpaired) electrons. The monoisotopic (exact) mass is 219 g/mol. The Morgan fingerprint density at radius 1 is 1.19 bits per heavy atom. The number of hydrogen-bond acceptors (Lipinski definition) is 2. The van der Waals surface area contributed by atoms with E-state index in [4.69, 9.17) is 0 Å². The molecule has 0 fully saturated rings. The first kappa shape index (κ1) is 10.4. The van der Waals surface area contributed by atoms with Gasteiger partial charge in [-0.15, -0.1) is 0 Å². The molecule has 2 rings (SSSR count). The van der Waals surface area contributed by atoms with E-state index in [-0.39, 0.29) is 11.3 Å². The van der Waals surface area contributed by atoms with Crippen molar-refractivity contribution in [1.29, 1.82) is 0 Å². The molecule has 16 heavy (non-hydrogen) atoms. The average molecular weight is 219 g/mol. The quantitative estimate of drug-likeness (QED) is 0.727. The van der Waals surface area contributed by atoms with Gasteiger partial charge in [0.05, 0.1) is 0 Å². The number of carbonyl (C=O) groups is 1. The van der Waals surface area contributed by atoms with Crippen molar-refractivity contribution in [2.45, 2.75) is 0 Å². The van der Waals surface area contributed by atoms with Gasteiger partial charge in [0, 0.05) is 17.3 Å². The molecule has 0 aliphatic heterocycles. The fourth-order valence-electron chi connectivity index (χ4n) is 1.37. The lowest BCUT2D eigenvalue weighted by molar-refractivity contribution is 0.112. The molecule has 0 atom stereocenters. The SMILES string of the molecule is O=Cc1cnc(-c2cccc(F)c2)c(F)c1. The summed E-state index contributed by atoms with van der Waals surface area (Å²) < 4.78 is 26.4. The zero-order valence-electron chi connectivity index (χ0n) is 8.15. The number of hydrogen-bond donors (Lipinski definition) is 0. The first-order chi connectivity index (χ1) is 7.70. The maximum absolute atomic E-state index is 13.5. The van der Waals surface area contributed by atoms with Crippen LogP contribution in [0.3, 0.4) is 0 Å². The molecule has 0 amide bonds. The summed E-state index contributed by atoms with van der Waals surface area (Å²) in [5, 5.41) is 0. The van der Waals surface area contributed by atoms with E-state index in [0.29, 0.717) is 11.8 Å². The zero-order valence-corrected chi connectivity index (χ0v) is 8.15. The van der Waals surface area contributed by atoms with E-state index in [9.17, 15) is 13.6 Å². The molecule has 0 N–H and O–H groups in total. The Balaban J connectivity index is 2.52. The topological polar surface area (TPSA) is 30.0 Å². The van der Waals surface area contributed by atoms with Crippen LogP contribution in [0.5, 0.6) is 0 Å². The second-order valence-corrected chi connectivity index (χ2v) is 3.23. The van der Waals surface area contributed by atoms with E-state index in [1.54, 1.807) is 6.07 Å². The molecule has 0 unspecified atom stereocenters. The van der Waals surface area contributed by atoms with Crippen LogP contribution in [0.4, 0.5) is 8.78 Å². The number of rotatable bonds is 2. The van der Waals surface area contributed by atoms with Crippen LogP contribution in [0.1, 0.15) is 10.4 Å². The van der Waals surface area contributed by atoms with Gasteiger partial charge in [0.2, 0.25) is 0 Å². The lowest BCUT2D eigenvalue weighted by Gasteiger charge is -2.02. The molecule has 2 nitrogen and oxygen atoms in total. The Bertz CT molecular complexity index is 540. The Kier molecular flexibility index (Phi) is 2.72. The van der Waals surface area contributed by atoms with Crippen molar-refractivity contribution in [1.82, 2.24) is 4.98 Å². The highest BCUT2D eigenvalue weighted by atomic mass is 19.1. The second kappa shape index (κ2) is 4.18. The summed E-state index contributed by atoms with van der Waals surface area (Å²) in [6.07, 6.45) is 1.75. The van der Waals surface area contributed by atoms with Crippen LogP contribution in [-0.4, -0.2) is 11.3 Å². The van der Waals surface area contributed by atoms with Crippen molar-refractivity contribution in [2.75, 3.05) is 0 Å². The van der Waals surface area contributed by atoms with Crippen LogP contribution in [0, 0.1) is 11.6 Å². The second-order valence-electron chi connectivity index (χ2n) is 3.23. The molecule has 4 heteroatoms. The maximum Gasteiger partial charge on any atom is 0.151 e. The Morgan fingerprint density at radius 2 is 2.00 bits per heavy atom. The van der Waals surface area contributed by atoms with E-state index in [0.717, 1.165) is 6.07 Å². The van der Waals surface area contributed by atoms with E-state index in [2.05, 4.69) is 4.98 Å². The van der Waals surface area contributed by atoms with Gasteiger partial charge >= 0.3 is 0 Å². The number of benzene rings is 1. The van der Waals surface area contributed by atoms with Crippen LogP contribution in [0.2, 0.25) is 0 Å². The summed E-state index contributed by atoms with van der Waals surface area (Å²) in [4.78, 5) is 14.2. The van der Waals surface area contributed by atoms with Gasteiger partial charge < -0.3 is 0 Å². The molecule has 0 saturated carbocycles. The average Bonchev–Trinajstić information content (AvgIpc) is 2.28. The van der Waals surface area contributed by atoms with Gasteiger partial charge in [-0.25, -0.2) is 8.78 Å². The van der Waals surface area contributed by atoms with E-state index in [1.807, 2.05) is 0 Å². The molecule has 0 bridgehead atoms. The molecule has 1 aromatic carbocycles. The number of pyridine rings is 1. The van der Waals surface area contributed by atoms with Gasteiger partial charge in [-0.1, -0.05) is 12.1 Å². The summed E-state index contributed by atoms with van der Waals surface area (Å²) in [7, 11) is 0. The molecule has 0 aliphatic carbocycles. The van der Waals surface area contributed by atoms with Crippen molar-refractivity contribution in [3.05, 3.63) is 53.7 Å². The smallest absolute Gasteiger partial charge is 0.151 e. The molecule has 0 saturated heterocycles. The van der Waals surface area contributed by atoms with Gasteiger partial charge in [-0.05, 0) is 18.2 Å². The third kappa shape index (κ3) is 1.95. The van der Waals surface area contributed by atoms with Gasteiger partial charge in [-0.3, -0.25) is 9.78 Å². The molecular formula is C12H7F2NO. The number of halogens is 2. The molecule has 2 aromatic rings. The van der Waals surface area contributed by atoms with Crippen molar-refractivity contribution >= 4 is 6.29 Å². The fraction of sp³-hybridized carbons (Fsp3) is 0. The Morgan fingerprint density at radius 3 is 2.62 bits per heavy atom. The summed E-state index contributed by atoms with van der Waals surface area (Å²) >= 11 is 0. The minimum Gasteiger partial charge on any atom is -0.298 e.